The third-order valence-electron chi connectivity index (χ3n) is 5.17. The predicted octanol–water partition coefficient (Wildman–Crippen LogP) is 1.87. The molecule has 0 amide bonds. The minimum atomic E-state index is -0.631. The first-order chi connectivity index (χ1) is 11.5. The normalized spacial score (nSPS) is 16.3. The Balaban J connectivity index is 2.09. The highest BCUT2D eigenvalue weighted by atomic mass is 16.6. The van der Waals surface area contributed by atoms with Crippen LogP contribution >= 0.6 is 0 Å². The molecule has 0 radical (unpaired) electrons. The number of quaternary nitrogens is 1. The van der Waals surface area contributed by atoms with Crippen molar-refractivity contribution in [2.24, 2.45) is 0 Å². The van der Waals surface area contributed by atoms with E-state index in [0.717, 1.165) is 50.9 Å². The van der Waals surface area contributed by atoms with Crippen molar-refractivity contribution in [2.45, 2.75) is 44.9 Å². The summed E-state index contributed by atoms with van der Waals surface area (Å²) in [6.07, 6.45) is 3.46. The first kappa shape index (κ1) is 18.4. The molecule has 1 aliphatic rings. The number of nitro groups is 1. The van der Waals surface area contributed by atoms with Crippen LogP contribution in [0.5, 0.6) is 0 Å². The summed E-state index contributed by atoms with van der Waals surface area (Å²) >= 11 is 0. The number of hydrogen-bond acceptors (Lipinski definition) is 4. The molecular weight excluding hydrogens is 308 g/mol. The predicted molar refractivity (Wildman–Crippen MR) is 91.1 cm³/mol. The maximum Gasteiger partial charge on any atom is 0.316 e. The van der Waals surface area contributed by atoms with E-state index in [0.29, 0.717) is 6.61 Å². The first-order valence-electron chi connectivity index (χ1n) is 8.79. The van der Waals surface area contributed by atoms with E-state index < -0.39 is 10.3 Å². The smallest absolute Gasteiger partial charge is 0.316 e. The van der Waals surface area contributed by atoms with Crippen molar-refractivity contribution in [1.82, 2.24) is 0 Å². The zero-order valence-electron chi connectivity index (χ0n) is 14.5. The average Bonchev–Trinajstić information content (AvgIpc) is 3.09. The van der Waals surface area contributed by atoms with Crippen LogP contribution in [-0.4, -0.2) is 37.1 Å². The summed E-state index contributed by atoms with van der Waals surface area (Å²) in [5.74, 6) is -0.180. The Morgan fingerprint density at radius 2 is 1.79 bits per heavy atom. The molecule has 0 aromatic heterocycles. The molecule has 6 nitrogen and oxygen atoms in total. The fourth-order valence-corrected chi connectivity index (χ4v) is 3.52. The summed E-state index contributed by atoms with van der Waals surface area (Å²) in [5, 5.41) is 10.8. The molecule has 1 N–H and O–H groups in total. The second-order valence-corrected chi connectivity index (χ2v) is 6.44. The fourth-order valence-electron chi connectivity index (χ4n) is 3.52. The highest BCUT2D eigenvalue weighted by Crippen LogP contribution is 2.42. The molecule has 24 heavy (non-hydrogen) atoms. The van der Waals surface area contributed by atoms with Gasteiger partial charge in [0.15, 0.2) is 0 Å². The number of nitrogens with zero attached hydrogens (tertiary/aromatic N) is 1. The van der Waals surface area contributed by atoms with Gasteiger partial charge in [-0.15, -0.1) is 0 Å². The Morgan fingerprint density at radius 1 is 1.21 bits per heavy atom. The van der Waals surface area contributed by atoms with Crippen LogP contribution in [0.2, 0.25) is 0 Å². The highest BCUT2D eigenvalue weighted by Gasteiger charge is 2.44. The van der Waals surface area contributed by atoms with Gasteiger partial charge in [-0.05, 0) is 32.3 Å². The van der Waals surface area contributed by atoms with Crippen LogP contribution in [0.1, 0.15) is 45.1 Å². The third-order valence-corrected chi connectivity index (χ3v) is 5.17. The Kier molecular flexibility index (Phi) is 6.31. The summed E-state index contributed by atoms with van der Waals surface area (Å²) < 4.78 is 5.60. The molecule has 1 aromatic carbocycles. The molecule has 0 unspecified atom stereocenters. The lowest BCUT2D eigenvalue weighted by atomic mass is 9.79. The molecule has 0 saturated heterocycles. The number of nitro benzene ring substituents is 1. The summed E-state index contributed by atoms with van der Waals surface area (Å²) in [6.45, 7) is 7.51. The number of non-ortho nitro benzene ring substituents is 1. The summed E-state index contributed by atoms with van der Waals surface area (Å²) in [4.78, 5) is 24.6. The van der Waals surface area contributed by atoms with E-state index in [1.807, 2.05) is 0 Å². The van der Waals surface area contributed by atoms with Gasteiger partial charge in [-0.3, -0.25) is 14.9 Å². The third kappa shape index (κ3) is 3.93. The van der Waals surface area contributed by atoms with Crippen molar-refractivity contribution in [3.05, 3.63) is 39.9 Å². The highest BCUT2D eigenvalue weighted by molar-refractivity contribution is 5.83. The van der Waals surface area contributed by atoms with Gasteiger partial charge in [-0.1, -0.05) is 25.0 Å². The van der Waals surface area contributed by atoms with Crippen LogP contribution in [0.4, 0.5) is 5.69 Å². The zero-order chi connectivity index (χ0) is 17.6. The SMILES string of the molecule is CC[NH+](CC)CCOC(=O)C1(c2ccc([N+](=O)[O-])cc2)CCCC1. The number of nitrogens with one attached hydrogen (secondary N) is 1. The lowest BCUT2D eigenvalue weighted by Gasteiger charge is -2.27. The lowest BCUT2D eigenvalue weighted by Crippen LogP contribution is -3.11. The van der Waals surface area contributed by atoms with Gasteiger partial charge in [0.05, 0.1) is 23.4 Å². The van der Waals surface area contributed by atoms with Gasteiger partial charge in [-0.2, -0.15) is 0 Å². The average molecular weight is 335 g/mol. The molecule has 0 spiro atoms. The fraction of sp³-hybridized carbons (Fsp3) is 0.611. The number of likely N-dealkylation sites (N-methyl/N-ethyl adjacent to an activating group) is 1. The number of ether oxygens (including phenoxy) is 1. The van der Waals surface area contributed by atoms with E-state index in [1.165, 1.54) is 17.0 Å². The molecule has 1 fully saturated rings. The Hall–Kier alpha value is -1.95. The van der Waals surface area contributed by atoms with Crippen LogP contribution in [0, 0.1) is 10.1 Å². The molecule has 6 heteroatoms. The van der Waals surface area contributed by atoms with Crippen LogP contribution in [-0.2, 0) is 14.9 Å². The molecule has 0 aliphatic heterocycles. The monoisotopic (exact) mass is 335 g/mol. The summed E-state index contributed by atoms with van der Waals surface area (Å²) in [5.41, 5.74) is 0.254. The molecule has 1 aliphatic carbocycles. The molecule has 1 aromatic rings. The second-order valence-electron chi connectivity index (χ2n) is 6.44. The molecule has 132 valence electrons. The lowest BCUT2D eigenvalue weighted by molar-refractivity contribution is -0.896. The van der Waals surface area contributed by atoms with Gasteiger partial charge in [-0.25, -0.2) is 0 Å². The molecule has 0 bridgehead atoms. The van der Waals surface area contributed by atoms with E-state index in [-0.39, 0.29) is 11.7 Å². The minimum Gasteiger partial charge on any atom is -0.459 e. The Morgan fingerprint density at radius 3 is 2.29 bits per heavy atom. The maximum atomic E-state index is 12.8. The van der Waals surface area contributed by atoms with Gasteiger partial charge >= 0.3 is 5.97 Å². The van der Waals surface area contributed by atoms with Crippen molar-refractivity contribution >= 4 is 11.7 Å². The second kappa shape index (κ2) is 8.24. The Labute approximate surface area is 142 Å². The van der Waals surface area contributed by atoms with E-state index in [2.05, 4.69) is 13.8 Å². The molecular formula is C18H27N2O4+. The largest absolute Gasteiger partial charge is 0.459 e. The van der Waals surface area contributed by atoms with E-state index in [4.69, 9.17) is 4.74 Å². The zero-order valence-corrected chi connectivity index (χ0v) is 14.5. The first-order valence-corrected chi connectivity index (χ1v) is 8.79. The van der Waals surface area contributed by atoms with Gasteiger partial charge in [0.25, 0.3) is 5.69 Å². The molecule has 1 saturated carbocycles. The van der Waals surface area contributed by atoms with Crippen LogP contribution < -0.4 is 4.90 Å². The molecule has 0 atom stereocenters. The van der Waals surface area contributed by atoms with Gasteiger partial charge in [0.2, 0.25) is 0 Å². The molecule has 2 rings (SSSR count). The number of benzene rings is 1. The van der Waals surface area contributed by atoms with E-state index in [9.17, 15) is 14.9 Å². The summed E-state index contributed by atoms with van der Waals surface area (Å²) in [6, 6.07) is 6.37. The topological polar surface area (TPSA) is 73.9 Å². The minimum absolute atomic E-state index is 0.0467. The van der Waals surface area contributed by atoms with Crippen molar-refractivity contribution in [3.63, 3.8) is 0 Å². The Bertz CT molecular complexity index is 561. The van der Waals surface area contributed by atoms with Crippen molar-refractivity contribution in [1.29, 1.82) is 0 Å². The van der Waals surface area contributed by atoms with E-state index >= 15 is 0 Å². The van der Waals surface area contributed by atoms with Crippen LogP contribution in [0.15, 0.2) is 24.3 Å². The van der Waals surface area contributed by atoms with Gasteiger partial charge in [0.1, 0.15) is 13.2 Å². The van der Waals surface area contributed by atoms with Gasteiger partial charge < -0.3 is 9.64 Å². The number of carbonyl (C=O) groups excluding carboxylic acids is 1. The number of carbonyl (C=O) groups is 1. The maximum absolute atomic E-state index is 12.8. The number of esters is 1. The standard InChI is InChI=1S/C18H26N2O4/c1-3-19(4-2)13-14-24-17(21)18(11-5-6-12-18)15-7-9-16(10-8-15)20(22)23/h7-10H,3-6,11-14H2,1-2H3/p+1. The van der Waals surface area contributed by atoms with Crippen LogP contribution in [0.25, 0.3) is 0 Å². The quantitative estimate of drug-likeness (QED) is 0.447. The van der Waals surface area contributed by atoms with Crippen LogP contribution in [0.3, 0.4) is 0 Å². The van der Waals surface area contributed by atoms with Crippen molar-refractivity contribution in [2.75, 3.05) is 26.2 Å². The van der Waals surface area contributed by atoms with Gasteiger partial charge in [0, 0.05) is 12.1 Å². The van der Waals surface area contributed by atoms with Crippen molar-refractivity contribution < 1.29 is 19.4 Å². The van der Waals surface area contributed by atoms with E-state index in [1.54, 1.807) is 12.1 Å². The molecule has 0 heterocycles. The number of hydrogen-bond donors (Lipinski definition) is 1. The van der Waals surface area contributed by atoms with Crippen molar-refractivity contribution in [3.8, 4) is 0 Å². The summed E-state index contributed by atoms with van der Waals surface area (Å²) in [7, 11) is 0. The number of rotatable bonds is 8.